The molecule has 0 bridgehead atoms. The van der Waals surface area contributed by atoms with Crippen LogP contribution in [0.2, 0.25) is 0 Å². The number of anilines is 3. The zero-order valence-corrected chi connectivity index (χ0v) is 58.9. The Balaban J connectivity index is 1.28. The Kier molecular flexibility index (Phi) is 25.1. The minimum atomic E-state index is -1.21. The van der Waals surface area contributed by atoms with Crippen LogP contribution in [-0.4, -0.2) is 121 Å². The van der Waals surface area contributed by atoms with Crippen molar-refractivity contribution >= 4 is 104 Å². The monoisotopic (exact) mass is 1340 g/mol. The quantitative estimate of drug-likeness (QED) is 0.0374. The fourth-order valence-corrected chi connectivity index (χ4v) is 9.23. The van der Waals surface area contributed by atoms with Gasteiger partial charge in [-0.2, -0.15) is 0 Å². The van der Waals surface area contributed by atoms with E-state index in [1.165, 1.54) is 0 Å². The van der Waals surface area contributed by atoms with Crippen LogP contribution >= 0.6 is 0 Å². The van der Waals surface area contributed by atoms with Crippen LogP contribution in [-0.2, 0) is 91.2 Å². The summed E-state index contributed by atoms with van der Waals surface area (Å²) in [5.41, 5.74) is -0.460. The summed E-state index contributed by atoms with van der Waals surface area (Å²) in [6.07, 6.45) is -3.72. The van der Waals surface area contributed by atoms with E-state index in [1.54, 1.807) is 143 Å². The van der Waals surface area contributed by atoms with Crippen molar-refractivity contribution in [2.24, 2.45) is 0 Å². The van der Waals surface area contributed by atoms with E-state index in [-0.39, 0.29) is 58.3 Å². The molecule has 3 atom stereocenters. The van der Waals surface area contributed by atoms with Crippen LogP contribution in [0.5, 0.6) is 0 Å². The number of hydrogen-bond acceptors (Lipinski definition) is 22. The molecule has 3 N–H and O–H groups in total. The van der Waals surface area contributed by atoms with Crippen molar-refractivity contribution in [3.8, 4) is 0 Å². The van der Waals surface area contributed by atoms with E-state index in [0.29, 0.717) is 50.7 Å². The van der Waals surface area contributed by atoms with Crippen molar-refractivity contribution in [1.29, 1.82) is 0 Å². The van der Waals surface area contributed by atoms with Crippen LogP contribution in [0.1, 0.15) is 180 Å². The first-order valence-electron chi connectivity index (χ1n) is 32.1. The molecule has 25 nitrogen and oxygen atoms in total. The van der Waals surface area contributed by atoms with E-state index in [9.17, 15) is 43.2 Å². The topological polar surface area (TPSA) is 315 Å². The van der Waals surface area contributed by atoms with Crippen LogP contribution in [0.3, 0.4) is 0 Å². The van der Waals surface area contributed by atoms with Gasteiger partial charge in [0.15, 0.2) is 0 Å². The molecule has 3 aromatic carbocycles. The number of amides is 3. The maximum atomic E-state index is 13.3. The van der Waals surface area contributed by atoms with Gasteiger partial charge in [0.1, 0.15) is 71.6 Å². The number of nitrogens with zero attached hydrogens (tertiary/aromatic N) is 4. The van der Waals surface area contributed by atoms with Crippen LogP contribution in [0.25, 0.3) is 32.7 Å². The van der Waals surface area contributed by atoms with Crippen LogP contribution < -0.4 is 20.9 Å². The molecule has 0 fully saturated rings. The average Bonchev–Trinajstić information content (AvgIpc) is 0.777. The molecular weight excluding hydrogens is 1250 g/mol. The lowest BCUT2D eigenvalue weighted by molar-refractivity contribution is -0.159. The third-order valence-corrected chi connectivity index (χ3v) is 13.2. The maximum Gasteiger partial charge on any atom is 0.408 e. The Morgan fingerprint density at radius 2 is 0.567 bits per heavy atom. The number of esters is 6. The largest absolute Gasteiger partial charge is 0.459 e. The molecule has 0 aliphatic rings. The van der Waals surface area contributed by atoms with Gasteiger partial charge in [-0.05, 0) is 198 Å². The molecule has 3 amide bonds. The molecule has 524 valence electrons. The molecule has 0 saturated heterocycles. The summed E-state index contributed by atoms with van der Waals surface area (Å²) < 4.78 is 49.7. The lowest BCUT2D eigenvalue weighted by atomic mass is 10.1. The van der Waals surface area contributed by atoms with Crippen molar-refractivity contribution in [2.45, 2.75) is 235 Å². The van der Waals surface area contributed by atoms with E-state index < -0.39 is 106 Å². The van der Waals surface area contributed by atoms with E-state index in [0.717, 1.165) is 16.2 Å². The molecule has 0 aliphatic heterocycles. The minimum absolute atomic E-state index is 0.135. The zero-order valence-electron chi connectivity index (χ0n) is 58.9. The predicted octanol–water partition coefficient (Wildman–Crippen LogP) is 13.0. The van der Waals surface area contributed by atoms with Gasteiger partial charge in [0.25, 0.3) is 0 Å². The average molecular weight is 1340 g/mol. The van der Waals surface area contributed by atoms with Crippen molar-refractivity contribution in [3.63, 3.8) is 0 Å². The summed E-state index contributed by atoms with van der Waals surface area (Å²) in [5, 5.41) is 9.83. The second-order valence-electron chi connectivity index (χ2n) is 29.2. The Morgan fingerprint density at radius 1 is 0.340 bits per heavy atom. The summed E-state index contributed by atoms with van der Waals surface area (Å²) in [5.74, 6) is -4.20. The van der Waals surface area contributed by atoms with Gasteiger partial charge in [-0.25, -0.2) is 43.7 Å². The number of aromatic nitrogens is 3. The molecule has 3 heterocycles. The first kappa shape index (κ1) is 76.3. The zero-order chi connectivity index (χ0) is 72.0. The number of hydrogen-bond donors (Lipinski definition) is 3. The maximum absolute atomic E-state index is 13.3. The van der Waals surface area contributed by atoms with Crippen LogP contribution in [0.15, 0.2) is 91.0 Å². The third kappa shape index (κ3) is 26.5. The van der Waals surface area contributed by atoms with Gasteiger partial charge in [0.05, 0.1) is 33.6 Å². The van der Waals surface area contributed by atoms with Crippen molar-refractivity contribution in [2.75, 3.05) is 4.90 Å². The summed E-state index contributed by atoms with van der Waals surface area (Å²) in [6.45, 7) is 29.6. The normalized spacial score (nSPS) is 13.1. The lowest BCUT2D eigenvalue weighted by Crippen LogP contribution is -2.46. The Hall–Kier alpha value is -9.68. The number of fused-ring (bicyclic) bond motifs is 3. The molecule has 25 heteroatoms. The highest BCUT2D eigenvalue weighted by Crippen LogP contribution is 2.38. The van der Waals surface area contributed by atoms with E-state index >= 15 is 0 Å². The lowest BCUT2D eigenvalue weighted by Gasteiger charge is -2.26. The number of benzene rings is 3. The number of carbonyl (C=O) groups is 9. The highest BCUT2D eigenvalue weighted by Gasteiger charge is 2.33. The van der Waals surface area contributed by atoms with Gasteiger partial charge in [-0.15, -0.1) is 0 Å². The smallest absolute Gasteiger partial charge is 0.408 e. The Bertz CT molecular complexity index is 3450. The number of nitrogens with one attached hydrogen (secondary N) is 3. The summed E-state index contributed by atoms with van der Waals surface area (Å²) in [7, 11) is 0. The molecular formula is C72H93N7O18. The Morgan fingerprint density at radius 3 is 0.794 bits per heavy atom. The molecule has 97 heavy (non-hydrogen) atoms. The number of rotatable bonds is 24. The van der Waals surface area contributed by atoms with Crippen LogP contribution in [0, 0.1) is 0 Å². The first-order chi connectivity index (χ1) is 44.9. The second-order valence-corrected chi connectivity index (χ2v) is 29.2. The number of pyridine rings is 3. The highest BCUT2D eigenvalue weighted by molar-refractivity contribution is 5.93. The van der Waals surface area contributed by atoms with Gasteiger partial charge in [0.2, 0.25) is 0 Å². The van der Waals surface area contributed by atoms with Gasteiger partial charge in [0, 0.05) is 52.5 Å². The molecule has 6 aromatic rings. The molecule has 0 unspecified atom stereocenters. The van der Waals surface area contributed by atoms with Gasteiger partial charge < -0.3 is 63.5 Å². The fraction of sp³-hybridized carbons (Fsp3) is 0.500. The van der Waals surface area contributed by atoms with E-state index in [4.69, 9.17) is 57.6 Å². The molecule has 0 radical (unpaired) electrons. The molecule has 6 rings (SSSR count). The molecule has 3 aromatic heterocycles. The van der Waals surface area contributed by atoms with Gasteiger partial charge in [-0.3, -0.25) is 14.4 Å². The number of carbonyl (C=O) groups excluding carboxylic acids is 9. The molecule has 0 saturated carbocycles. The molecule has 0 spiro atoms. The van der Waals surface area contributed by atoms with Crippen molar-refractivity contribution in [3.05, 3.63) is 108 Å². The summed E-state index contributed by atoms with van der Waals surface area (Å²) in [4.78, 5) is 134. The first-order valence-corrected chi connectivity index (χ1v) is 32.1. The molecule has 0 aliphatic carbocycles. The predicted molar refractivity (Wildman–Crippen MR) is 361 cm³/mol. The standard InChI is InChI=1S/C72H93N7O18/c1-67(2,3)92-61(83)52(76-64(86)95-70(10,11)12)31-34-58(80)89-40-46-25-19-43-22-28-49(37-55(43)73-46)79(50-29-23-44-20-26-47(74-56(44)38-50)41-90-59(81)35-32-53(62(84)93-68(4,5)6)77-65(87)96-71(13,14)15)51-30-24-45-21-27-48(75-57(45)39-51)42-91-60(82)36-33-54(63(85)94-69(7,8)9)78-66(88)97-72(16,17)18/h19-30,37-39,52-54H,31-36,40-42H2,1-18H3,(H,76,86)(H,77,87)(H,78,88)/t52-,53-,54-/m0/s1. The van der Waals surface area contributed by atoms with Gasteiger partial charge in [-0.1, -0.05) is 36.4 Å². The highest BCUT2D eigenvalue weighted by atomic mass is 16.6. The minimum Gasteiger partial charge on any atom is -0.459 e. The van der Waals surface area contributed by atoms with Crippen LogP contribution in [0.4, 0.5) is 31.4 Å². The van der Waals surface area contributed by atoms with E-state index in [1.807, 2.05) is 77.7 Å². The number of alkyl carbamates (subject to hydrolysis) is 3. The Labute approximate surface area is 566 Å². The van der Waals surface area contributed by atoms with E-state index in [2.05, 4.69) is 16.0 Å². The third-order valence-electron chi connectivity index (χ3n) is 13.2. The SMILES string of the molecule is CC(C)(C)OC(=O)N[C@@H](CCC(=O)OCc1ccc2ccc(N(c3ccc4ccc(COC(=O)CC[C@H](NC(=O)OC(C)(C)C)C(=O)OC(C)(C)C)nc4c3)c3ccc4ccc(COC(=O)CC[C@H](NC(=O)OC(C)(C)C)C(=O)OC(C)(C)C)nc4c3)cc2n1)C(=O)OC(C)(C)C. The number of ether oxygens (including phenoxy) is 9. The fourth-order valence-electron chi connectivity index (χ4n) is 9.23. The van der Waals surface area contributed by atoms with Crippen molar-refractivity contribution < 1.29 is 85.8 Å². The van der Waals surface area contributed by atoms with Gasteiger partial charge >= 0.3 is 54.1 Å². The summed E-state index contributed by atoms with van der Waals surface area (Å²) in [6, 6.07) is 24.0. The second kappa shape index (κ2) is 31.9. The van der Waals surface area contributed by atoms with Crippen molar-refractivity contribution in [1.82, 2.24) is 30.9 Å². The summed E-state index contributed by atoms with van der Waals surface area (Å²) >= 11 is 0.